The van der Waals surface area contributed by atoms with E-state index in [0.717, 1.165) is 25.1 Å². The van der Waals surface area contributed by atoms with Crippen molar-refractivity contribution in [2.75, 3.05) is 13.1 Å². The first-order chi connectivity index (χ1) is 9.70. The molecule has 0 bridgehead atoms. The van der Waals surface area contributed by atoms with Crippen LogP contribution in [0.15, 0.2) is 48.5 Å². The summed E-state index contributed by atoms with van der Waals surface area (Å²) < 4.78 is 13.3. The summed E-state index contributed by atoms with van der Waals surface area (Å²) in [5.41, 5.74) is 3.24. The zero-order valence-electron chi connectivity index (χ0n) is 12.2. The summed E-state index contributed by atoms with van der Waals surface area (Å²) in [7, 11) is 0. The van der Waals surface area contributed by atoms with E-state index in [1.54, 1.807) is 6.07 Å². The molecule has 0 aliphatic heterocycles. The minimum Gasteiger partial charge on any atom is -0.316 e. The van der Waals surface area contributed by atoms with E-state index in [0.29, 0.717) is 5.92 Å². The number of halogens is 1. The molecule has 1 atom stereocenters. The van der Waals surface area contributed by atoms with Crippen molar-refractivity contribution in [3.8, 4) is 0 Å². The van der Waals surface area contributed by atoms with Crippen LogP contribution in [0.25, 0.3) is 0 Å². The zero-order chi connectivity index (χ0) is 14.4. The molecule has 2 rings (SSSR count). The Bertz CT molecular complexity index is 536. The lowest BCUT2D eigenvalue weighted by molar-refractivity contribution is 0.591. The van der Waals surface area contributed by atoms with E-state index in [9.17, 15) is 4.39 Å². The van der Waals surface area contributed by atoms with Gasteiger partial charge in [0.1, 0.15) is 5.82 Å². The summed E-state index contributed by atoms with van der Waals surface area (Å²) >= 11 is 0. The second kappa shape index (κ2) is 7.20. The monoisotopic (exact) mass is 271 g/mol. The van der Waals surface area contributed by atoms with Crippen LogP contribution in [0.2, 0.25) is 0 Å². The molecule has 0 aliphatic carbocycles. The van der Waals surface area contributed by atoms with Crippen LogP contribution in [-0.4, -0.2) is 13.1 Å². The highest BCUT2D eigenvalue weighted by molar-refractivity contribution is 5.28. The predicted molar refractivity (Wildman–Crippen MR) is 82.6 cm³/mol. The van der Waals surface area contributed by atoms with Gasteiger partial charge in [0.05, 0.1) is 0 Å². The molecule has 0 heterocycles. The molecule has 2 aromatic carbocycles. The Labute approximate surface area is 120 Å². The van der Waals surface area contributed by atoms with Gasteiger partial charge in [0.15, 0.2) is 0 Å². The zero-order valence-corrected chi connectivity index (χ0v) is 12.2. The largest absolute Gasteiger partial charge is 0.316 e. The summed E-state index contributed by atoms with van der Waals surface area (Å²) in [6, 6.07) is 15.9. The first-order valence-electron chi connectivity index (χ1n) is 7.21. The van der Waals surface area contributed by atoms with Crippen molar-refractivity contribution in [1.29, 1.82) is 0 Å². The number of nitrogens with one attached hydrogen (secondary N) is 1. The number of rotatable bonds is 6. The second-order valence-electron chi connectivity index (χ2n) is 5.20. The van der Waals surface area contributed by atoms with E-state index in [1.807, 2.05) is 25.1 Å². The lowest BCUT2D eigenvalue weighted by Crippen LogP contribution is -2.22. The molecule has 0 aliphatic rings. The van der Waals surface area contributed by atoms with Crippen molar-refractivity contribution in [3.63, 3.8) is 0 Å². The molecule has 0 amide bonds. The molecule has 0 saturated carbocycles. The lowest BCUT2D eigenvalue weighted by Gasteiger charge is -2.18. The lowest BCUT2D eigenvalue weighted by atomic mass is 9.91. The van der Waals surface area contributed by atoms with Crippen LogP contribution in [0.5, 0.6) is 0 Å². The van der Waals surface area contributed by atoms with E-state index in [2.05, 4.69) is 36.5 Å². The second-order valence-corrected chi connectivity index (χ2v) is 5.20. The highest BCUT2D eigenvalue weighted by Gasteiger charge is 2.12. The van der Waals surface area contributed by atoms with Crippen LogP contribution in [0.3, 0.4) is 0 Å². The quantitative estimate of drug-likeness (QED) is 0.835. The standard InChI is InChI=1S/C18H22FN/c1-3-20-13-17(16-7-5-4-6-8-16)12-15-9-10-18(19)14(2)11-15/h4-11,17,20H,3,12-13H2,1-2H3. The third kappa shape index (κ3) is 3.91. The first-order valence-corrected chi connectivity index (χ1v) is 7.21. The molecule has 0 spiro atoms. The van der Waals surface area contributed by atoms with Gasteiger partial charge in [-0.2, -0.15) is 0 Å². The number of hydrogen-bond donors (Lipinski definition) is 1. The topological polar surface area (TPSA) is 12.0 Å². The summed E-state index contributed by atoms with van der Waals surface area (Å²) in [5.74, 6) is 0.290. The average molecular weight is 271 g/mol. The van der Waals surface area contributed by atoms with E-state index < -0.39 is 0 Å². The fourth-order valence-corrected chi connectivity index (χ4v) is 2.47. The maximum absolute atomic E-state index is 13.3. The summed E-state index contributed by atoms with van der Waals surface area (Å²) in [4.78, 5) is 0. The maximum atomic E-state index is 13.3. The van der Waals surface area contributed by atoms with Crippen LogP contribution >= 0.6 is 0 Å². The molecule has 1 nitrogen and oxygen atoms in total. The van der Waals surface area contributed by atoms with Crippen LogP contribution in [0.4, 0.5) is 4.39 Å². The fraction of sp³-hybridized carbons (Fsp3) is 0.333. The smallest absolute Gasteiger partial charge is 0.126 e. The number of likely N-dealkylation sites (N-methyl/N-ethyl adjacent to an activating group) is 1. The van der Waals surface area contributed by atoms with Crippen molar-refractivity contribution < 1.29 is 4.39 Å². The fourth-order valence-electron chi connectivity index (χ4n) is 2.47. The predicted octanol–water partition coefficient (Wildman–Crippen LogP) is 4.07. The maximum Gasteiger partial charge on any atom is 0.126 e. The van der Waals surface area contributed by atoms with E-state index >= 15 is 0 Å². The summed E-state index contributed by atoms with van der Waals surface area (Å²) in [6.45, 7) is 5.84. The number of benzene rings is 2. The molecule has 1 unspecified atom stereocenters. The number of hydrogen-bond acceptors (Lipinski definition) is 1. The van der Waals surface area contributed by atoms with Crippen molar-refractivity contribution in [1.82, 2.24) is 5.32 Å². The van der Waals surface area contributed by atoms with E-state index in [4.69, 9.17) is 0 Å². The van der Waals surface area contributed by atoms with Crippen molar-refractivity contribution in [3.05, 3.63) is 71.0 Å². The van der Waals surface area contributed by atoms with Crippen LogP contribution in [0.1, 0.15) is 29.5 Å². The minimum atomic E-state index is -0.128. The molecular formula is C18H22FN. The van der Waals surface area contributed by atoms with Crippen molar-refractivity contribution in [2.24, 2.45) is 0 Å². The van der Waals surface area contributed by atoms with Crippen LogP contribution < -0.4 is 5.32 Å². The molecule has 0 aromatic heterocycles. The Morgan fingerprint density at radius 3 is 2.50 bits per heavy atom. The van der Waals surface area contributed by atoms with E-state index in [-0.39, 0.29) is 5.82 Å². The molecule has 1 N–H and O–H groups in total. The molecule has 2 heteroatoms. The van der Waals surface area contributed by atoms with Gasteiger partial charge in [-0.1, -0.05) is 49.4 Å². The molecule has 20 heavy (non-hydrogen) atoms. The Kier molecular flexibility index (Phi) is 5.31. The van der Waals surface area contributed by atoms with Crippen molar-refractivity contribution in [2.45, 2.75) is 26.2 Å². The molecule has 0 radical (unpaired) electrons. The molecule has 2 aromatic rings. The van der Waals surface area contributed by atoms with Gasteiger partial charge < -0.3 is 5.32 Å². The Morgan fingerprint density at radius 1 is 1.10 bits per heavy atom. The van der Waals surface area contributed by atoms with E-state index in [1.165, 1.54) is 11.1 Å². The molecular weight excluding hydrogens is 249 g/mol. The molecule has 0 fully saturated rings. The first kappa shape index (κ1) is 14.7. The highest BCUT2D eigenvalue weighted by atomic mass is 19.1. The SMILES string of the molecule is CCNCC(Cc1ccc(F)c(C)c1)c1ccccc1. The Balaban J connectivity index is 2.17. The van der Waals surface area contributed by atoms with Crippen LogP contribution in [0, 0.1) is 12.7 Å². The van der Waals surface area contributed by atoms with Gasteiger partial charge in [-0.25, -0.2) is 4.39 Å². The highest BCUT2D eigenvalue weighted by Crippen LogP contribution is 2.21. The average Bonchev–Trinajstić information content (AvgIpc) is 2.48. The van der Waals surface area contributed by atoms with Gasteiger partial charge in [0.25, 0.3) is 0 Å². The third-order valence-corrected chi connectivity index (χ3v) is 3.62. The van der Waals surface area contributed by atoms with Gasteiger partial charge in [-0.15, -0.1) is 0 Å². The molecule has 0 saturated heterocycles. The van der Waals surface area contributed by atoms with Crippen molar-refractivity contribution >= 4 is 0 Å². The Hall–Kier alpha value is -1.67. The Morgan fingerprint density at radius 2 is 1.85 bits per heavy atom. The van der Waals surface area contributed by atoms with Gasteiger partial charge in [0, 0.05) is 12.5 Å². The normalized spacial score (nSPS) is 12.3. The van der Waals surface area contributed by atoms with Crippen LogP contribution in [-0.2, 0) is 6.42 Å². The molecule has 106 valence electrons. The van der Waals surface area contributed by atoms with Gasteiger partial charge in [-0.3, -0.25) is 0 Å². The summed E-state index contributed by atoms with van der Waals surface area (Å²) in [5, 5.41) is 3.42. The summed E-state index contributed by atoms with van der Waals surface area (Å²) in [6.07, 6.45) is 0.929. The number of aryl methyl sites for hydroxylation is 1. The van der Waals surface area contributed by atoms with Gasteiger partial charge >= 0.3 is 0 Å². The third-order valence-electron chi connectivity index (χ3n) is 3.62. The van der Waals surface area contributed by atoms with Gasteiger partial charge in [-0.05, 0) is 42.6 Å². The van der Waals surface area contributed by atoms with Gasteiger partial charge in [0.2, 0.25) is 0 Å². The minimum absolute atomic E-state index is 0.128.